The van der Waals surface area contributed by atoms with E-state index in [0.717, 1.165) is 23.1 Å². The summed E-state index contributed by atoms with van der Waals surface area (Å²) in [6.45, 7) is 10.3. The van der Waals surface area contributed by atoms with E-state index in [1.165, 1.54) is 0 Å². The van der Waals surface area contributed by atoms with E-state index >= 15 is 0 Å². The quantitative estimate of drug-likeness (QED) is 0.869. The van der Waals surface area contributed by atoms with Gasteiger partial charge < -0.3 is 10.4 Å². The molecular weight excluding hydrogens is 250 g/mol. The first-order valence-corrected chi connectivity index (χ1v) is 7.17. The fourth-order valence-electron chi connectivity index (χ4n) is 2.34. The van der Waals surface area contributed by atoms with E-state index in [4.69, 9.17) is 0 Å². The van der Waals surface area contributed by atoms with Crippen LogP contribution in [0.5, 0.6) is 0 Å². The van der Waals surface area contributed by atoms with Crippen LogP contribution in [0, 0.1) is 19.3 Å². The van der Waals surface area contributed by atoms with Gasteiger partial charge in [0.05, 0.1) is 19.1 Å². The molecule has 2 N–H and O–H groups in total. The minimum absolute atomic E-state index is 0.0180. The van der Waals surface area contributed by atoms with Crippen molar-refractivity contribution in [2.24, 2.45) is 5.41 Å². The Balaban J connectivity index is 2.64. The number of benzene rings is 1. The molecule has 0 bridgehead atoms. The monoisotopic (exact) mass is 277 g/mol. The van der Waals surface area contributed by atoms with Gasteiger partial charge in [0.15, 0.2) is 0 Å². The summed E-state index contributed by atoms with van der Waals surface area (Å²) in [7, 11) is 0. The Bertz CT molecular complexity index is 461. The molecule has 112 valence electrons. The maximum Gasteiger partial charge on any atom is 0.224 e. The van der Waals surface area contributed by atoms with Crippen LogP contribution in [0.25, 0.3) is 0 Å². The summed E-state index contributed by atoms with van der Waals surface area (Å²) in [6, 6.07) is 5.96. The second kappa shape index (κ2) is 6.89. The number of hydrogen-bond donors (Lipinski definition) is 2. The van der Waals surface area contributed by atoms with Crippen LogP contribution in [0.1, 0.15) is 43.9 Å². The van der Waals surface area contributed by atoms with E-state index < -0.39 is 0 Å². The third-order valence-corrected chi connectivity index (χ3v) is 3.30. The lowest BCUT2D eigenvalue weighted by Crippen LogP contribution is -2.40. The van der Waals surface area contributed by atoms with E-state index in [9.17, 15) is 9.90 Å². The Morgan fingerprint density at radius 3 is 2.50 bits per heavy atom. The second-order valence-electron chi connectivity index (χ2n) is 6.82. The fraction of sp³-hybridized carbons (Fsp3) is 0.588. The van der Waals surface area contributed by atoms with Crippen LogP contribution in [-0.4, -0.2) is 23.7 Å². The normalized spacial score (nSPS) is 13.1. The molecule has 0 heterocycles. The van der Waals surface area contributed by atoms with Gasteiger partial charge in [-0.1, -0.05) is 44.5 Å². The molecule has 1 amide bonds. The number of aliphatic hydroxyl groups excluding tert-OH is 1. The van der Waals surface area contributed by atoms with Crippen molar-refractivity contribution >= 4 is 5.91 Å². The molecule has 0 aliphatic heterocycles. The van der Waals surface area contributed by atoms with Gasteiger partial charge >= 0.3 is 0 Å². The highest BCUT2D eigenvalue weighted by Gasteiger charge is 2.20. The molecule has 1 aromatic rings. The number of nitrogens with one attached hydrogen (secondary N) is 1. The molecule has 0 fully saturated rings. The van der Waals surface area contributed by atoms with Gasteiger partial charge in [0.1, 0.15) is 0 Å². The van der Waals surface area contributed by atoms with Crippen molar-refractivity contribution in [2.75, 3.05) is 6.61 Å². The van der Waals surface area contributed by atoms with Gasteiger partial charge in [-0.15, -0.1) is 0 Å². The summed E-state index contributed by atoms with van der Waals surface area (Å²) >= 11 is 0. The molecule has 0 saturated carbocycles. The smallest absolute Gasteiger partial charge is 0.224 e. The molecular formula is C17H27NO2. The number of amides is 1. The zero-order valence-corrected chi connectivity index (χ0v) is 13.3. The number of carbonyl (C=O) groups excluding carboxylic acids is 1. The minimum atomic E-state index is -0.174. The third-order valence-electron chi connectivity index (χ3n) is 3.30. The van der Waals surface area contributed by atoms with Crippen LogP contribution in [0.15, 0.2) is 18.2 Å². The Labute approximate surface area is 122 Å². The highest BCUT2D eigenvalue weighted by molar-refractivity contribution is 5.79. The van der Waals surface area contributed by atoms with Crippen LogP contribution < -0.4 is 5.32 Å². The molecule has 0 aromatic heterocycles. The van der Waals surface area contributed by atoms with E-state index in [0.29, 0.717) is 6.42 Å². The van der Waals surface area contributed by atoms with Crippen molar-refractivity contribution in [1.29, 1.82) is 0 Å². The van der Waals surface area contributed by atoms with Crippen LogP contribution in [-0.2, 0) is 11.2 Å². The topological polar surface area (TPSA) is 49.3 Å². The van der Waals surface area contributed by atoms with Crippen molar-refractivity contribution in [3.63, 3.8) is 0 Å². The Morgan fingerprint density at radius 2 is 1.95 bits per heavy atom. The highest BCUT2D eigenvalue weighted by atomic mass is 16.3. The van der Waals surface area contributed by atoms with Gasteiger partial charge in [0.2, 0.25) is 5.91 Å². The van der Waals surface area contributed by atoms with Crippen molar-refractivity contribution in [3.8, 4) is 0 Å². The number of rotatable bonds is 5. The summed E-state index contributed by atoms with van der Waals surface area (Å²) < 4.78 is 0. The maximum absolute atomic E-state index is 12.1. The molecule has 0 radical (unpaired) electrons. The molecule has 1 rings (SSSR count). The molecule has 20 heavy (non-hydrogen) atoms. The molecule has 3 heteroatoms. The number of aryl methyl sites for hydroxylation is 2. The lowest BCUT2D eigenvalue weighted by molar-refractivity contribution is -0.121. The third kappa shape index (κ3) is 5.74. The van der Waals surface area contributed by atoms with Crippen LogP contribution in [0.3, 0.4) is 0 Å². The van der Waals surface area contributed by atoms with Crippen LogP contribution >= 0.6 is 0 Å². The van der Waals surface area contributed by atoms with Gasteiger partial charge in [0, 0.05) is 0 Å². The van der Waals surface area contributed by atoms with E-state index in [-0.39, 0.29) is 24.0 Å². The zero-order valence-electron chi connectivity index (χ0n) is 13.3. The van der Waals surface area contributed by atoms with Crippen molar-refractivity contribution in [1.82, 2.24) is 5.32 Å². The summed E-state index contributed by atoms with van der Waals surface area (Å²) in [5.41, 5.74) is 3.42. The SMILES string of the molecule is Cc1ccc(C)c(CC(=O)NC(CO)CC(C)(C)C)c1. The summed E-state index contributed by atoms with van der Waals surface area (Å²) in [4.78, 5) is 12.1. The summed E-state index contributed by atoms with van der Waals surface area (Å²) in [5.74, 6) is -0.0259. The molecule has 1 atom stereocenters. The largest absolute Gasteiger partial charge is 0.394 e. The average Bonchev–Trinajstić information content (AvgIpc) is 2.31. The first kappa shape index (κ1) is 16.7. The number of hydrogen-bond acceptors (Lipinski definition) is 2. The zero-order chi connectivity index (χ0) is 15.3. The lowest BCUT2D eigenvalue weighted by atomic mass is 9.88. The van der Waals surface area contributed by atoms with Crippen LogP contribution in [0.4, 0.5) is 0 Å². The van der Waals surface area contributed by atoms with Gasteiger partial charge in [-0.2, -0.15) is 0 Å². The van der Waals surface area contributed by atoms with Crippen molar-refractivity contribution < 1.29 is 9.90 Å². The molecule has 1 aromatic carbocycles. The summed E-state index contributed by atoms with van der Waals surface area (Å²) in [5, 5.41) is 12.3. The summed E-state index contributed by atoms with van der Waals surface area (Å²) in [6.07, 6.45) is 1.14. The molecule has 0 spiro atoms. The first-order valence-electron chi connectivity index (χ1n) is 7.17. The van der Waals surface area contributed by atoms with Gasteiger partial charge in [-0.05, 0) is 36.8 Å². The number of carbonyl (C=O) groups is 1. The van der Waals surface area contributed by atoms with Gasteiger partial charge in [-0.3, -0.25) is 4.79 Å². The fourth-order valence-corrected chi connectivity index (χ4v) is 2.34. The maximum atomic E-state index is 12.1. The first-order chi connectivity index (χ1) is 9.21. The lowest BCUT2D eigenvalue weighted by Gasteiger charge is -2.25. The predicted molar refractivity (Wildman–Crippen MR) is 82.7 cm³/mol. The Kier molecular flexibility index (Phi) is 5.75. The standard InChI is InChI=1S/C17H27NO2/c1-12-6-7-13(2)14(8-12)9-16(20)18-15(11-19)10-17(3,4)5/h6-8,15,19H,9-11H2,1-5H3,(H,18,20). The number of aliphatic hydroxyl groups is 1. The minimum Gasteiger partial charge on any atom is -0.394 e. The van der Waals surface area contributed by atoms with Crippen LogP contribution in [0.2, 0.25) is 0 Å². The molecule has 0 saturated heterocycles. The van der Waals surface area contributed by atoms with Gasteiger partial charge in [0.25, 0.3) is 0 Å². The molecule has 0 aliphatic rings. The molecule has 0 aliphatic carbocycles. The second-order valence-corrected chi connectivity index (χ2v) is 6.82. The van der Waals surface area contributed by atoms with Crippen molar-refractivity contribution in [2.45, 2.75) is 53.5 Å². The molecule has 3 nitrogen and oxygen atoms in total. The van der Waals surface area contributed by atoms with Crippen molar-refractivity contribution in [3.05, 3.63) is 34.9 Å². The van der Waals surface area contributed by atoms with E-state index in [2.05, 4.69) is 26.1 Å². The highest BCUT2D eigenvalue weighted by Crippen LogP contribution is 2.20. The van der Waals surface area contributed by atoms with E-state index in [1.807, 2.05) is 32.0 Å². The Morgan fingerprint density at radius 1 is 1.30 bits per heavy atom. The van der Waals surface area contributed by atoms with Gasteiger partial charge in [-0.25, -0.2) is 0 Å². The predicted octanol–water partition coefficient (Wildman–Crippen LogP) is 2.76. The Hall–Kier alpha value is -1.35. The molecule has 1 unspecified atom stereocenters. The van der Waals surface area contributed by atoms with E-state index in [1.54, 1.807) is 0 Å². The average molecular weight is 277 g/mol.